The third-order valence-corrected chi connectivity index (χ3v) is 23.4. The van der Waals surface area contributed by atoms with Gasteiger partial charge in [0.15, 0.2) is 20.9 Å². The molecule has 4 aliphatic heterocycles. The van der Waals surface area contributed by atoms with E-state index < -0.39 is 71.7 Å². The van der Waals surface area contributed by atoms with Crippen LogP contribution in [0.4, 0.5) is 0 Å². The van der Waals surface area contributed by atoms with Crippen molar-refractivity contribution in [2.24, 2.45) is 5.92 Å². The Morgan fingerprint density at radius 2 is 1.34 bits per heavy atom. The Bertz CT molecular complexity index is 1870. The first-order valence-electron chi connectivity index (χ1n) is 22.0. The fraction of sp³-hybridized carbons (Fsp3) is 0.625. The minimum absolute atomic E-state index is 0.102. The van der Waals surface area contributed by atoms with Crippen LogP contribution in [0.25, 0.3) is 0 Å². The van der Waals surface area contributed by atoms with Gasteiger partial charge in [0.1, 0.15) is 30.5 Å². The highest BCUT2D eigenvalue weighted by Gasteiger charge is 2.63. The molecule has 4 aliphatic rings. The first-order valence-corrected chi connectivity index (χ1v) is 26.7. The first-order chi connectivity index (χ1) is 28.5. The second kappa shape index (κ2) is 18.3. The highest BCUT2D eigenvalue weighted by molar-refractivity contribution is 6.74. The van der Waals surface area contributed by atoms with Gasteiger partial charge in [0.25, 0.3) is 11.8 Å². The summed E-state index contributed by atoms with van der Waals surface area (Å²) in [5.74, 6) is -0.539. The summed E-state index contributed by atoms with van der Waals surface area (Å²) in [6.07, 6.45) is -1.37. The summed E-state index contributed by atoms with van der Waals surface area (Å²) < 4.78 is 55.2. The molecule has 0 aliphatic carbocycles. The molecule has 0 spiro atoms. The molecule has 6 rings (SSSR count). The molecule has 2 amide bonds. The summed E-state index contributed by atoms with van der Waals surface area (Å²) >= 11 is 0. The third kappa shape index (κ3) is 9.67. The van der Waals surface area contributed by atoms with Crippen LogP contribution in [0.3, 0.4) is 0 Å². The number of benzene rings is 2. The Labute approximate surface area is 366 Å². The van der Waals surface area contributed by atoms with Crippen LogP contribution < -0.4 is 0 Å². The van der Waals surface area contributed by atoms with E-state index in [1.54, 1.807) is 13.8 Å². The van der Waals surface area contributed by atoms with Crippen molar-refractivity contribution in [3.8, 4) is 0 Å². The molecule has 0 saturated carbocycles. The maximum atomic E-state index is 14.3. The molecule has 336 valence electrons. The van der Waals surface area contributed by atoms with Crippen molar-refractivity contribution in [2.75, 3.05) is 13.2 Å². The lowest BCUT2D eigenvalue weighted by molar-refractivity contribution is -0.311. The normalized spacial score (nSPS) is 28.8. The number of nitrogens with zero attached hydrogens (tertiary/aromatic N) is 1. The standard InChI is InChI=1S/C48H71NO10Si2/c1-31(2)48(11,12)60(13,14)59-45-40(49-43(50)32(3)33(4)44(49)51)42(53-28-35-23-19-16-20-24-35)41(38(56-45)29-52-27-34-21-17-15-18-22-34)57-39-26-25-36-37(55-39)30-54-61(58-36,46(5,6)7)47(8,9)10/h15-26,31,36-42,45H,27-30H2,1-14H3/t36-,37-,38-,39-,40-,41-,42-,45+/m1/s1. The van der Waals surface area contributed by atoms with Crippen LogP contribution >= 0.6 is 0 Å². The summed E-state index contributed by atoms with van der Waals surface area (Å²) in [7, 11) is -5.47. The second-order valence-corrected chi connectivity index (χ2v) is 29.9. The average molecular weight is 878 g/mol. The number of hydrogen-bond donors (Lipinski definition) is 0. The van der Waals surface area contributed by atoms with Gasteiger partial charge in [-0.3, -0.25) is 14.5 Å². The molecular formula is C48H71NO10Si2. The summed E-state index contributed by atoms with van der Waals surface area (Å²) in [5, 5.41) is -0.615. The van der Waals surface area contributed by atoms with Crippen LogP contribution in [-0.4, -0.2) is 95.9 Å². The Morgan fingerprint density at radius 3 is 1.89 bits per heavy atom. The smallest absolute Gasteiger partial charge is 0.349 e. The lowest BCUT2D eigenvalue weighted by atomic mass is 9.94. The van der Waals surface area contributed by atoms with Gasteiger partial charge in [-0.25, -0.2) is 0 Å². The van der Waals surface area contributed by atoms with E-state index in [-0.39, 0.29) is 40.4 Å². The molecule has 61 heavy (non-hydrogen) atoms. The Morgan fingerprint density at radius 1 is 0.787 bits per heavy atom. The van der Waals surface area contributed by atoms with E-state index in [9.17, 15) is 9.59 Å². The maximum absolute atomic E-state index is 14.3. The number of fused-ring (bicyclic) bond motifs is 1. The fourth-order valence-electron chi connectivity index (χ4n) is 9.00. The van der Waals surface area contributed by atoms with E-state index in [0.29, 0.717) is 24.4 Å². The molecule has 0 radical (unpaired) electrons. The minimum atomic E-state index is -2.78. The number of rotatable bonds is 14. The second-order valence-electron chi connectivity index (χ2n) is 20.6. The van der Waals surface area contributed by atoms with Crippen molar-refractivity contribution in [2.45, 2.75) is 174 Å². The van der Waals surface area contributed by atoms with E-state index in [1.807, 2.05) is 72.8 Å². The molecule has 0 unspecified atom stereocenters. The monoisotopic (exact) mass is 877 g/mol. The van der Waals surface area contributed by atoms with Crippen LogP contribution in [0.2, 0.25) is 28.2 Å². The van der Waals surface area contributed by atoms with E-state index >= 15 is 0 Å². The Hall–Kier alpha value is -2.83. The van der Waals surface area contributed by atoms with Crippen LogP contribution in [0.15, 0.2) is 84.0 Å². The van der Waals surface area contributed by atoms with Crippen molar-refractivity contribution >= 4 is 28.7 Å². The van der Waals surface area contributed by atoms with E-state index in [2.05, 4.69) is 82.3 Å². The van der Waals surface area contributed by atoms with Gasteiger partial charge in [-0.1, -0.05) is 136 Å². The van der Waals surface area contributed by atoms with Gasteiger partial charge in [0.05, 0.1) is 32.5 Å². The summed E-state index contributed by atoms with van der Waals surface area (Å²) in [4.78, 5) is 29.9. The van der Waals surface area contributed by atoms with Crippen LogP contribution in [0.5, 0.6) is 0 Å². The number of hydrogen-bond acceptors (Lipinski definition) is 10. The number of carbonyl (C=O) groups is 2. The predicted molar refractivity (Wildman–Crippen MR) is 240 cm³/mol. The average Bonchev–Trinajstić information content (AvgIpc) is 3.38. The lowest BCUT2D eigenvalue weighted by Gasteiger charge is -2.55. The molecule has 11 nitrogen and oxygen atoms in total. The predicted octanol–water partition coefficient (Wildman–Crippen LogP) is 9.37. The molecule has 2 aromatic rings. The van der Waals surface area contributed by atoms with Crippen molar-refractivity contribution in [3.05, 3.63) is 95.1 Å². The molecule has 0 aromatic heterocycles. The highest BCUT2D eigenvalue weighted by atomic mass is 28.4. The number of carbonyl (C=O) groups excluding carboxylic acids is 2. The maximum Gasteiger partial charge on any atom is 0.349 e. The lowest BCUT2D eigenvalue weighted by Crippen LogP contribution is -2.69. The summed E-state index contributed by atoms with van der Waals surface area (Å²) in [5.41, 5.74) is 2.67. The quantitative estimate of drug-likeness (QED) is 0.103. The van der Waals surface area contributed by atoms with Crippen LogP contribution in [0, 0.1) is 5.92 Å². The fourth-order valence-corrected chi connectivity index (χ4v) is 16.4. The highest BCUT2D eigenvalue weighted by Crippen LogP contribution is 2.55. The zero-order chi connectivity index (χ0) is 44.7. The van der Waals surface area contributed by atoms with Crippen molar-refractivity contribution in [3.63, 3.8) is 0 Å². The number of ether oxygens (including phenoxy) is 5. The molecule has 2 fully saturated rings. The van der Waals surface area contributed by atoms with Gasteiger partial charge >= 0.3 is 8.56 Å². The zero-order valence-corrected chi connectivity index (χ0v) is 41.0. The summed E-state index contributed by atoms with van der Waals surface area (Å²) in [6, 6.07) is 18.7. The largest absolute Gasteiger partial charge is 0.391 e. The molecule has 0 bridgehead atoms. The Balaban J connectivity index is 1.41. The van der Waals surface area contributed by atoms with Gasteiger partial charge < -0.3 is 37.0 Å². The van der Waals surface area contributed by atoms with Gasteiger partial charge in [0.2, 0.25) is 0 Å². The van der Waals surface area contributed by atoms with Crippen LogP contribution in [-0.2, 0) is 59.8 Å². The number of amides is 2. The Kier molecular flexibility index (Phi) is 14.3. The van der Waals surface area contributed by atoms with E-state index in [4.69, 9.17) is 37.0 Å². The topological polar surface area (TPSA) is 111 Å². The van der Waals surface area contributed by atoms with Gasteiger partial charge in [-0.2, -0.15) is 0 Å². The third-order valence-electron chi connectivity index (χ3n) is 13.8. The molecule has 2 aromatic carbocycles. The van der Waals surface area contributed by atoms with Crippen molar-refractivity contribution in [1.82, 2.24) is 4.90 Å². The molecule has 13 heteroatoms. The summed E-state index contributed by atoms with van der Waals surface area (Å²) in [6.45, 7) is 30.6. The van der Waals surface area contributed by atoms with Gasteiger partial charge in [-0.05, 0) is 55.1 Å². The van der Waals surface area contributed by atoms with Gasteiger partial charge in [-0.15, -0.1) is 0 Å². The first kappa shape index (κ1) is 47.6. The van der Waals surface area contributed by atoms with E-state index in [1.165, 1.54) is 4.90 Å². The SMILES string of the molecule is CC1=C(C)C(=O)N([C@H]2[C@H](O[Si](C)(C)C(C)(C)C(C)C)O[C@H](COCc3ccccc3)[C@@H](O[C@@H]3C=C[C@H]4O[Si](C(C)(C)C)(C(C)(C)C)OC[C@H]4O3)[C@@H]2OCc2ccccc2)C1=O. The molecule has 4 heterocycles. The van der Waals surface area contributed by atoms with Gasteiger partial charge in [0, 0.05) is 21.2 Å². The molecule has 8 atom stereocenters. The van der Waals surface area contributed by atoms with Crippen LogP contribution in [0.1, 0.15) is 94.2 Å². The van der Waals surface area contributed by atoms with Crippen molar-refractivity contribution < 1.29 is 46.6 Å². The zero-order valence-electron chi connectivity index (χ0n) is 39.0. The molecule has 2 saturated heterocycles. The van der Waals surface area contributed by atoms with E-state index in [0.717, 1.165) is 11.1 Å². The molecular weight excluding hydrogens is 807 g/mol. The van der Waals surface area contributed by atoms with Crippen molar-refractivity contribution in [1.29, 1.82) is 0 Å². The minimum Gasteiger partial charge on any atom is -0.391 e. The number of imide groups is 1. The molecule has 0 N–H and O–H groups in total.